The zero-order valence-corrected chi connectivity index (χ0v) is 32.3. The van der Waals surface area contributed by atoms with E-state index in [9.17, 15) is 39.0 Å². The first-order valence-electron chi connectivity index (χ1n) is 19.0. The van der Waals surface area contributed by atoms with Crippen molar-refractivity contribution in [1.82, 2.24) is 21.3 Å². The van der Waals surface area contributed by atoms with E-state index in [-0.39, 0.29) is 36.6 Å². The van der Waals surface area contributed by atoms with Crippen molar-refractivity contribution in [3.05, 3.63) is 137 Å². The number of rotatable bonds is 8. The lowest BCUT2D eigenvalue weighted by molar-refractivity contribution is -0.142. The van der Waals surface area contributed by atoms with Crippen LogP contribution in [0.2, 0.25) is 0 Å². The zero-order chi connectivity index (χ0) is 41.0. The van der Waals surface area contributed by atoms with Crippen molar-refractivity contribution in [2.75, 3.05) is 5.32 Å². The van der Waals surface area contributed by atoms with Gasteiger partial charge < -0.3 is 36.8 Å². The third kappa shape index (κ3) is 11.6. The number of carbonyl (C=O) groups excluding carboxylic acids is 5. The molecule has 7 N–H and O–H groups in total. The summed E-state index contributed by atoms with van der Waals surface area (Å²) in [6.07, 6.45) is 0.253. The number of allylic oxidation sites excluding steroid dienone is 1. The Morgan fingerprint density at radius 2 is 1.19 bits per heavy atom. The molecule has 0 saturated heterocycles. The second-order valence-electron chi connectivity index (χ2n) is 14.3. The van der Waals surface area contributed by atoms with Gasteiger partial charge in [-0.25, -0.2) is 4.79 Å². The number of benzene rings is 4. The van der Waals surface area contributed by atoms with Gasteiger partial charge in [-0.15, -0.1) is 11.8 Å². The molecule has 6 atom stereocenters. The van der Waals surface area contributed by atoms with Gasteiger partial charge in [0.25, 0.3) is 5.91 Å². The van der Waals surface area contributed by atoms with E-state index in [2.05, 4.69) is 26.6 Å². The molecule has 0 radical (unpaired) electrons. The van der Waals surface area contributed by atoms with E-state index in [0.29, 0.717) is 23.1 Å². The first-order chi connectivity index (χ1) is 28.0. The molecule has 300 valence electrons. The number of aliphatic hydroxyl groups is 1. The van der Waals surface area contributed by atoms with Gasteiger partial charge in [-0.05, 0) is 58.2 Å². The van der Waals surface area contributed by atoms with Crippen LogP contribution >= 0.6 is 11.8 Å². The van der Waals surface area contributed by atoms with Crippen LogP contribution in [0.4, 0.5) is 5.69 Å². The Hall–Kier alpha value is -6.25. The molecule has 1 unspecified atom stereocenters. The Balaban J connectivity index is 1.34. The minimum Gasteiger partial charge on any atom is -0.480 e. The average molecular weight is 804 g/mol. The highest BCUT2D eigenvalue weighted by atomic mass is 32.2. The number of hydrogen-bond acceptors (Lipinski definition) is 8. The van der Waals surface area contributed by atoms with Gasteiger partial charge in [-0.3, -0.25) is 24.0 Å². The van der Waals surface area contributed by atoms with Gasteiger partial charge in [0.1, 0.15) is 30.3 Å². The average Bonchev–Trinajstić information content (AvgIpc) is 3.74. The minimum atomic E-state index is -1.76. The van der Waals surface area contributed by atoms with Crippen molar-refractivity contribution in [3.63, 3.8) is 0 Å². The predicted molar refractivity (Wildman–Crippen MR) is 220 cm³/mol. The Morgan fingerprint density at radius 1 is 0.621 bits per heavy atom. The van der Waals surface area contributed by atoms with Crippen molar-refractivity contribution >= 4 is 53.0 Å². The van der Waals surface area contributed by atoms with Crippen LogP contribution in [-0.4, -0.2) is 81.2 Å². The Bertz CT molecular complexity index is 2110. The van der Waals surface area contributed by atoms with Crippen LogP contribution in [0.1, 0.15) is 36.0 Å². The number of aliphatic hydroxyl groups excluding tert-OH is 1. The molecule has 14 heteroatoms. The predicted octanol–water partition coefficient (Wildman–Crippen LogP) is 3.52. The fourth-order valence-corrected chi connectivity index (χ4v) is 7.74. The summed E-state index contributed by atoms with van der Waals surface area (Å²) in [5.74, 6) is -5.06. The lowest BCUT2D eigenvalue weighted by Gasteiger charge is -2.27. The lowest BCUT2D eigenvalue weighted by Crippen LogP contribution is -2.59. The maximum Gasteiger partial charge on any atom is 0.326 e. The number of nitrogens with one attached hydrogen (secondary N) is 5. The van der Waals surface area contributed by atoms with E-state index in [1.807, 2.05) is 66.1 Å². The van der Waals surface area contributed by atoms with Crippen LogP contribution < -0.4 is 26.6 Å². The van der Waals surface area contributed by atoms with Crippen molar-refractivity contribution in [1.29, 1.82) is 0 Å². The van der Waals surface area contributed by atoms with Gasteiger partial charge in [0, 0.05) is 30.2 Å². The summed E-state index contributed by atoms with van der Waals surface area (Å²) in [7, 11) is 0. The summed E-state index contributed by atoms with van der Waals surface area (Å²) in [5.41, 5.74) is 4.12. The first-order valence-corrected chi connectivity index (χ1v) is 19.9. The molecular weight excluding hydrogens is 759 g/mol. The van der Waals surface area contributed by atoms with Gasteiger partial charge >= 0.3 is 5.97 Å². The van der Waals surface area contributed by atoms with E-state index in [1.54, 1.807) is 42.5 Å². The molecule has 7 rings (SSSR count). The number of fused-ring (bicyclic) bond motifs is 18. The van der Waals surface area contributed by atoms with Gasteiger partial charge in [-0.2, -0.15) is 0 Å². The first kappa shape index (κ1) is 41.4. The monoisotopic (exact) mass is 803 g/mol. The minimum absolute atomic E-state index is 0.000815. The third-order valence-electron chi connectivity index (χ3n) is 9.92. The summed E-state index contributed by atoms with van der Waals surface area (Å²) in [6, 6.07) is 27.2. The lowest BCUT2D eigenvalue weighted by atomic mass is 9.99. The van der Waals surface area contributed by atoms with Crippen LogP contribution in [0.25, 0.3) is 11.1 Å². The molecule has 2 bridgehead atoms. The maximum atomic E-state index is 14.4. The molecule has 3 aliphatic heterocycles. The van der Waals surface area contributed by atoms with Crippen molar-refractivity contribution < 1.29 is 39.0 Å². The normalized spacial score (nSPS) is 23.4. The second-order valence-corrected chi connectivity index (χ2v) is 15.5. The van der Waals surface area contributed by atoms with E-state index in [4.69, 9.17) is 0 Å². The van der Waals surface area contributed by atoms with Crippen LogP contribution in [-0.2, 0) is 48.0 Å². The number of hydrogen-bond donors (Lipinski definition) is 7. The number of carboxylic acid groups (broad SMARTS) is 1. The van der Waals surface area contributed by atoms with Crippen molar-refractivity contribution in [2.24, 2.45) is 0 Å². The Labute approximate surface area is 340 Å². The van der Waals surface area contributed by atoms with Gasteiger partial charge in [-0.1, -0.05) is 103 Å². The number of anilines is 1. The van der Waals surface area contributed by atoms with E-state index < -0.39 is 72.2 Å². The molecule has 5 amide bonds. The highest BCUT2D eigenvalue weighted by Gasteiger charge is 2.34. The van der Waals surface area contributed by atoms with Crippen molar-refractivity contribution in [3.8, 4) is 11.1 Å². The molecule has 0 fully saturated rings. The van der Waals surface area contributed by atoms with Crippen LogP contribution in [0.3, 0.4) is 0 Å². The Kier molecular flexibility index (Phi) is 14.1. The van der Waals surface area contributed by atoms with Gasteiger partial charge in [0.05, 0.1) is 6.42 Å². The molecule has 0 aliphatic carbocycles. The van der Waals surface area contributed by atoms with Crippen LogP contribution in [0.5, 0.6) is 0 Å². The number of carbonyl (C=O) groups is 6. The summed E-state index contributed by atoms with van der Waals surface area (Å²) < 4.78 is 0. The summed E-state index contributed by atoms with van der Waals surface area (Å²) >= 11 is 1.50. The summed E-state index contributed by atoms with van der Waals surface area (Å²) in [6.45, 7) is 0. The van der Waals surface area contributed by atoms with Gasteiger partial charge in [0.2, 0.25) is 23.6 Å². The molecule has 0 aromatic heterocycles. The molecule has 58 heavy (non-hydrogen) atoms. The van der Waals surface area contributed by atoms with E-state index in [1.165, 1.54) is 23.9 Å². The van der Waals surface area contributed by atoms with Crippen LogP contribution in [0.15, 0.2) is 121 Å². The fraction of sp³-hybridized carbons (Fsp3) is 0.273. The fourth-order valence-electron chi connectivity index (χ4n) is 6.77. The van der Waals surface area contributed by atoms with E-state index >= 15 is 0 Å². The molecule has 0 spiro atoms. The van der Waals surface area contributed by atoms with E-state index in [0.717, 1.165) is 11.1 Å². The van der Waals surface area contributed by atoms with Crippen LogP contribution in [0, 0.1) is 0 Å². The molecular formula is C44H45N5O8S. The number of carboxylic acids is 1. The highest BCUT2D eigenvalue weighted by molar-refractivity contribution is 8.03. The van der Waals surface area contributed by atoms with Gasteiger partial charge in [0.15, 0.2) is 0 Å². The molecule has 0 saturated carbocycles. The molecule has 4 aromatic carbocycles. The maximum absolute atomic E-state index is 14.4. The number of amides is 5. The zero-order valence-electron chi connectivity index (χ0n) is 31.5. The number of aliphatic carboxylic acids is 1. The molecule has 4 aromatic rings. The number of thioether (sulfide) groups is 1. The smallest absolute Gasteiger partial charge is 0.326 e. The molecule has 3 heterocycles. The largest absolute Gasteiger partial charge is 0.480 e. The Morgan fingerprint density at radius 3 is 1.79 bits per heavy atom. The summed E-state index contributed by atoms with van der Waals surface area (Å²) in [4.78, 5) is 81.2. The standard InChI is InChI=1S/C44H45N5O8S/c50-38-26-39(51)46-36(25-33-12-7-21-58-33)42(54)48-35(23-28-13-17-31(18-14-28)30-10-5-2-6-11-30)40(52)47-34(22-27-8-3-1-4-9-27)41(53)49-37(44(56)57)24-29-15-19-32(20-16-29)45-43(38)55/h1-11,13-21,33-38,50H,12,22-26H2,(H,45,55)(H,46,51)(H,47,52)(H,48,54)(H,49,53)(H,56,57)/t33?,34-,35+,36-,37-,38+/m0/s1. The second kappa shape index (κ2) is 19.7. The van der Waals surface area contributed by atoms with Crippen molar-refractivity contribution in [2.45, 2.75) is 74.0 Å². The summed E-state index contributed by atoms with van der Waals surface area (Å²) in [5, 5.41) is 36.1. The SMILES string of the molecule is O=C1C[C@@H](O)C(=O)Nc2ccc(cc2)C[C@@H](C(=O)O)NC(=O)[C@H](Cc2ccccc2)NC(=O)[C@@H](Cc2ccc(-c3ccccc3)cc2)NC(=O)[C@H](CC2CC=CS2)N1. The topological polar surface area (TPSA) is 203 Å². The molecule has 3 aliphatic rings. The quantitative estimate of drug-likeness (QED) is 0.130. The highest BCUT2D eigenvalue weighted by Crippen LogP contribution is 2.28. The molecule has 13 nitrogen and oxygen atoms in total. The third-order valence-corrected chi connectivity index (χ3v) is 11.0.